The van der Waals surface area contributed by atoms with E-state index in [2.05, 4.69) is 15.1 Å². The summed E-state index contributed by atoms with van der Waals surface area (Å²) in [6.07, 6.45) is -3.25. The maximum atomic E-state index is 12.9. The Labute approximate surface area is 175 Å². The van der Waals surface area contributed by atoms with Gasteiger partial charge in [0.1, 0.15) is 11.4 Å². The number of carbonyl (C=O) groups is 2. The lowest BCUT2D eigenvalue weighted by atomic mass is 9.97. The smallest absolute Gasteiger partial charge is 0.435 e. The van der Waals surface area contributed by atoms with Crippen molar-refractivity contribution >= 4 is 24.0 Å². The third-order valence-electron chi connectivity index (χ3n) is 4.77. The number of carbonyl (C=O) groups excluding carboxylic acids is 2. The number of hydrogen-bond donors (Lipinski definition) is 1. The van der Waals surface area contributed by atoms with Crippen molar-refractivity contribution in [2.75, 3.05) is 30.3 Å². The lowest BCUT2D eigenvalue weighted by molar-refractivity contribution is -0.148. The summed E-state index contributed by atoms with van der Waals surface area (Å²) < 4.78 is 50.1. The summed E-state index contributed by atoms with van der Waals surface area (Å²) in [5.41, 5.74) is 4.53. The van der Waals surface area contributed by atoms with Crippen LogP contribution < -0.4 is 15.4 Å². The molecule has 0 atom stereocenters. The molecule has 3 rings (SSSR count). The summed E-state index contributed by atoms with van der Waals surface area (Å²) in [7, 11) is 1.26. The monoisotopic (exact) mass is 442 g/mol. The Bertz CT molecular complexity index is 970. The van der Waals surface area contributed by atoms with Crippen LogP contribution in [0.2, 0.25) is 0 Å². The van der Waals surface area contributed by atoms with E-state index in [0.717, 1.165) is 4.68 Å². The predicted molar refractivity (Wildman–Crippen MR) is 102 cm³/mol. The number of nitrogen functional groups attached to an aromatic ring is 1. The number of aryl methyl sites for hydroxylation is 1. The molecule has 1 saturated heterocycles. The maximum Gasteiger partial charge on any atom is 0.435 e. The van der Waals surface area contributed by atoms with Gasteiger partial charge in [0.25, 0.3) is 0 Å². The van der Waals surface area contributed by atoms with Gasteiger partial charge >= 0.3 is 12.1 Å². The standard InChI is InChI=1S/C18H21F3N6O4/c1-3-30-16(29)10-4-6-27(7-5-10)14-11(9-28)15(24-17(22)23-14)31-13-8-12(18(19,20)21)25-26(13)2/h8-10H,3-7H2,1-2H3,(H2,22,23,24). The molecule has 31 heavy (non-hydrogen) atoms. The van der Waals surface area contributed by atoms with E-state index in [0.29, 0.717) is 44.9 Å². The minimum atomic E-state index is -4.66. The molecule has 2 N–H and O–H groups in total. The Hall–Kier alpha value is -3.38. The van der Waals surface area contributed by atoms with Gasteiger partial charge in [-0.25, -0.2) is 4.68 Å². The van der Waals surface area contributed by atoms with E-state index in [4.69, 9.17) is 15.2 Å². The molecule has 0 radical (unpaired) electrons. The molecule has 13 heteroatoms. The van der Waals surface area contributed by atoms with Crippen molar-refractivity contribution in [1.82, 2.24) is 19.7 Å². The number of aldehydes is 1. The van der Waals surface area contributed by atoms with Gasteiger partial charge in [0.2, 0.25) is 17.7 Å². The molecule has 0 amide bonds. The zero-order chi connectivity index (χ0) is 22.8. The third-order valence-corrected chi connectivity index (χ3v) is 4.77. The van der Waals surface area contributed by atoms with Crippen LogP contribution >= 0.6 is 0 Å². The van der Waals surface area contributed by atoms with Gasteiger partial charge in [0.15, 0.2) is 12.0 Å². The molecule has 0 bridgehead atoms. The average molecular weight is 442 g/mol. The van der Waals surface area contributed by atoms with Gasteiger partial charge in [-0.05, 0) is 19.8 Å². The molecule has 168 valence electrons. The fraction of sp³-hybridized carbons (Fsp3) is 0.500. The first-order valence-electron chi connectivity index (χ1n) is 9.47. The minimum Gasteiger partial charge on any atom is -0.466 e. The van der Waals surface area contributed by atoms with Gasteiger partial charge in [0.05, 0.1) is 12.5 Å². The first-order valence-corrected chi connectivity index (χ1v) is 9.47. The molecule has 0 spiro atoms. The third kappa shape index (κ3) is 4.86. The first kappa shape index (κ1) is 22.3. The van der Waals surface area contributed by atoms with Crippen LogP contribution in [0.3, 0.4) is 0 Å². The van der Waals surface area contributed by atoms with Gasteiger partial charge in [-0.1, -0.05) is 0 Å². The van der Waals surface area contributed by atoms with Crippen molar-refractivity contribution < 1.29 is 32.2 Å². The summed E-state index contributed by atoms with van der Waals surface area (Å²) in [5.74, 6) is -1.15. The fourth-order valence-electron chi connectivity index (χ4n) is 3.25. The van der Waals surface area contributed by atoms with Gasteiger partial charge in [-0.15, -0.1) is 0 Å². The van der Waals surface area contributed by atoms with Crippen LogP contribution in [0.4, 0.5) is 24.9 Å². The van der Waals surface area contributed by atoms with Gasteiger partial charge < -0.3 is 20.1 Å². The second-order valence-electron chi connectivity index (χ2n) is 6.85. The molecule has 1 aliphatic rings. The molecule has 0 unspecified atom stereocenters. The van der Waals surface area contributed by atoms with Gasteiger partial charge in [-0.3, -0.25) is 9.59 Å². The summed E-state index contributed by atoms with van der Waals surface area (Å²) >= 11 is 0. The van der Waals surface area contributed by atoms with Crippen molar-refractivity contribution in [3.8, 4) is 11.8 Å². The van der Waals surface area contributed by atoms with Crippen LogP contribution in [0.1, 0.15) is 35.8 Å². The molecule has 0 aromatic carbocycles. The molecular weight excluding hydrogens is 421 g/mol. The lowest BCUT2D eigenvalue weighted by Gasteiger charge is -2.32. The largest absolute Gasteiger partial charge is 0.466 e. The molecule has 0 aliphatic carbocycles. The second kappa shape index (κ2) is 8.78. The van der Waals surface area contributed by atoms with E-state index >= 15 is 0 Å². The Balaban J connectivity index is 1.86. The predicted octanol–water partition coefficient (Wildman–Crippen LogP) is 2.20. The number of rotatable bonds is 6. The van der Waals surface area contributed by atoms with Crippen LogP contribution in [0.25, 0.3) is 0 Å². The van der Waals surface area contributed by atoms with E-state index in [9.17, 15) is 22.8 Å². The summed E-state index contributed by atoms with van der Waals surface area (Å²) in [4.78, 5) is 33.4. The van der Waals surface area contributed by atoms with Crippen molar-refractivity contribution in [2.24, 2.45) is 13.0 Å². The van der Waals surface area contributed by atoms with Crippen molar-refractivity contribution in [3.05, 3.63) is 17.3 Å². The fourth-order valence-corrected chi connectivity index (χ4v) is 3.25. The molecule has 1 fully saturated rings. The quantitative estimate of drug-likeness (QED) is 0.529. The molecule has 1 aliphatic heterocycles. The second-order valence-corrected chi connectivity index (χ2v) is 6.85. The van der Waals surface area contributed by atoms with E-state index in [1.54, 1.807) is 11.8 Å². The summed E-state index contributed by atoms with van der Waals surface area (Å²) in [6, 6.07) is 0.692. The lowest BCUT2D eigenvalue weighted by Crippen LogP contribution is -2.38. The van der Waals surface area contributed by atoms with E-state index < -0.39 is 11.9 Å². The average Bonchev–Trinajstić information content (AvgIpc) is 3.09. The van der Waals surface area contributed by atoms with E-state index in [-0.39, 0.29) is 41.0 Å². The number of piperidine rings is 1. The van der Waals surface area contributed by atoms with E-state index in [1.807, 2.05) is 0 Å². The number of nitrogens with zero attached hydrogens (tertiary/aromatic N) is 5. The maximum absolute atomic E-state index is 12.9. The van der Waals surface area contributed by atoms with Gasteiger partial charge in [-0.2, -0.15) is 28.2 Å². The molecule has 0 saturated carbocycles. The molecule has 10 nitrogen and oxygen atoms in total. The number of alkyl halides is 3. The van der Waals surface area contributed by atoms with Crippen LogP contribution in [-0.2, 0) is 22.8 Å². The number of halogens is 3. The Morgan fingerprint density at radius 3 is 2.55 bits per heavy atom. The first-order chi connectivity index (χ1) is 14.6. The number of nitrogens with two attached hydrogens (primary N) is 1. The zero-order valence-electron chi connectivity index (χ0n) is 16.8. The van der Waals surface area contributed by atoms with Crippen LogP contribution in [-0.4, -0.2) is 51.7 Å². The minimum absolute atomic E-state index is 0.0708. The highest BCUT2D eigenvalue weighted by atomic mass is 19.4. The highest BCUT2D eigenvalue weighted by Crippen LogP contribution is 2.34. The Morgan fingerprint density at radius 2 is 2.00 bits per heavy atom. The molecule has 3 heterocycles. The summed E-state index contributed by atoms with van der Waals surface area (Å²) in [6.45, 7) is 2.81. The number of hydrogen-bond acceptors (Lipinski definition) is 9. The van der Waals surface area contributed by atoms with Crippen molar-refractivity contribution in [1.29, 1.82) is 0 Å². The zero-order valence-corrected chi connectivity index (χ0v) is 16.8. The highest BCUT2D eigenvalue weighted by molar-refractivity contribution is 5.86. The number of esters is 1. The summed E-state index contributed by atoms with van der Waals surface area (Å²) in [5, 5.41) is 3.36. The topological polar surface area (TPSA) is 125 Å². The number of anilines is 2. The highest BCUT2D eigenvalue weighted by Gasteiger charge is 2.35. The SMILES string of the molecule is CCOC(=O)C1CCN(c2nc(N)nc(Oc3cc(C(F)(F)F)nn3C)c2C=O)CC1. The van der Waals surface area contributed by atoms with Crippen molar-refractivity contribution in [2.45, 2.75) is 25.9 Å². The van der Waals surface area contributed by atoms with Crippen LogP contribution in [0.5, 0.6) is 11.8 Å². The molecule has 2 aromatic heterocycles. The Morgan fingerprint density at radius 1 is 1.32 bits per heavy atom. The van der Waals surface area contributed by atoms with Crippen LogP contribution in [0.15, 0.2) is 6.07 Å². The van der Waals surface area contributed by atoms with Crippen LogP contribution in [0, 0.1) is 5.92 Å². The molecule has 2 aromatic rings. The van der Waals surface area contributed by atoms with Gasteiger partial charge in [0, 0.05) is 26.2 Å². The van der Waals surface area contributed by atoms with E-state index in [1.165, 1.54) is 7.05 Å². The molecular formula is C18H21F3N6O4. The number of aromatic nitrogens is 4. The van der Waals surface area contributed by atoms with Crippen molar-refractivity contribution in [3.63, 3.8) is 0 Å². The Kier molecular flexibility index (Phi) is 6.32. The number of ether oxygens (including phenoxy) is 2. The normalized spacial score (nSPS) is 15.1.